The van der Waals surface area contributed by atoms with E-state index in [4.69, 9.17) is 0 Å². The van der Waals surface area contributed by atoms with Gasteiger partial charge in [-0.25, -0.2) is 4.39 Å². The van der Waals surface area contributed by atoms with Crippen molar-refractivity contribution in [3.8, 4) is 0 Å². The van der Waals surface area contributed by atoms with Gasteiger partial charge in [-0.15, -0.1) is 0 Å². The molecule has 1 aliphatic carbocycles. The second-order valence-corrected chi connectivity index (χ2v) is 4.46. The van der Waals surface area contributed by atoms with Crippen molar-refractivity contribution in [2.24, 2.45) is 0 Å². The smallest absolute Gasteiger partial charge is 0.125 e. The molecule has 3 heteroatoms. The Morgan fingerprint density at radius 2 is 2.24 bits per heavy atom. The molecule has 17 heavy (non-hydrogen) atoms. The fourth-order valence-electron chi connectivity index (χ4n) is 2.62. The minimum atomic E-state index is -0.217. The molecule has 0 bridgehead atoms. The third-order valence-electron chi connectivity index (χ3n) is 3.33. The normalized spacial score (nSPS) is 14.0. The van der Waals surface area contributed by atoms with Crippen molar-refractivity contribution in [3.63, 3.8) is 0 Å². The third-order valence-corrected chi connectivity index (χ3v) is 3.33. The number of benzene rings is 1. The molecule has 1 heterocycles. The number of rotatable bonds is 2. The Bertz CT molecular complexity index is 578. The van der Waals surface area contributed by atoms with Crippen LogP contribution in [0.15, 0.2) is 18.2 Å². The number of hydrogen-bond acceptors (Lipinski definition) is 2. The van der Waals surface area contributed by atoms with Gasteiger partial charge in [-0.3, -0.25) is 4.98 Å². The minimum absolute atomic E-state index is 0.217. The first-order valence-corrected chi connectivity index (χ1v) is 6.14. The van der Waals surface area contributed by atoms with E-state index in [2.05, 4.69) is 17.2 Å². The summed E-state index contributed by atoms with van der Waals surface area (Å²) in [5.41, 5.74) is 4.39. The van der Waals surface area contributed by atoms with Crippen molar-refractivity contribution >= 4 is 16.6 Å². The zero-order valence-corrected chi connectivity index (χ0v) is 9.89. The molecule has 1 aliphatic rings. The van der Waals surface area contributed by atoms with Crippen LogP contribution in [0.2, 0.25) is 0 Å². The van der Waals surface area contributed by atoms with E-state index in [1.807, 2.05) is 6.07 Å². The van der Waals surface area contributed by atoms with Gasteiger partial charge in [0.2, 0.25) is 0 Å². The molecule has 0 radical (unpaired) electrons. The highest BCUT2D eigenvalue weighted by Crippen LogP contribution is 2.34. The van der Waals surface area contributed by atoms with Crippen LogP contribution in [0.25, 0.3) is 10.9 Å². The lowest BCUT2D eigenvalue weighted by Crippen LogP contribution is -2.03. The van der Waals surface area contributed by atoms with E-state index in [1.54, 1.807) is 0 Å². The molecule has 3 rings (SSSR count). The number of pyridine rings is 1. The Morgan fingerprint density at radius 1 is 1.35 bits per heavy atom. The van der Waals surface area contributed by atoms with Crippen LogP contribution in [0.5, 0.6) is 0 Å². The number of aryl methyl sites for hydroxylation is 1. The van der Waals surface area contributed by atoms with Gasteiger partial charge in [0.15, 0.2) is 0 Å². The number of fused-ring (bicyclic) bond motifs is 2. The summed E-state index contributed by atoms with van der Waals surface area (Å²) >= 11 is 0. The van der Waals surface area contributed by atoms with Crippen molar-refractivity contribution < 1.29 is 4.39 Å². The fraction of sp³-hybridized carbons (Fsp3) is 0.357. The van der Waals surface area contributed by atoms with Gasteiger partial charge in [0, 0.05) is 29.4 Å². The number of hydrogen-bond donors (Lipinski definition) is 1. The predicted octanol–water partition coefficient (Wildman–Crippen LogP) is 3.29. The van der Waals surface area contributed by atoms with Crippen LogP contribution in [0, 0.1) is 5.82 Å². The topological polar surface area (TPSA) is 24.9 Å². The second kappa shape index (κ2) is 3.99. The van der Waals surface area contributed by atoms with Gasteiger partial charge in [-0.2, -0.15) is 0 Å². The highest BCUT2D eigenvalue weighted by Gasteiger charge is 2.19. The van der Waals surface area contributed by atoms with Crippen LogP contribution in [-0.4, -0.2) is 11.5 Å². The largest absolute Gasteiger partial charge is 0.384 e. The molecule has 0 spiro atoms. The van der Waals surface area contributed by atoms with Crippen molar-refractivity contribution in [1.82, 2.24) is 4.98 Å². The van der Waals surface area contributed by atoms with Crippen LogP contribution in [0.3, 0.4) is 0 Å². The van der Waals surface area contributed by atoms with Gasteiger partial charge in [-0.05, 0) is 43.9 Å². The minimum Gasteiger partial charge on any atom is -0.384 e. The number of anilines is 1. The van der Waals surface area contributed by atoms with Gasteiger partial charge in [0.25, 0.3) is 0 Å². The van der Waals surface area contributed by atoms with E-state index < -0.39 is 0 Å². The lowest BCUT2D eigenvalue weighted by Gasteiger charge is -2.13. The van der Waals surface area contributed by atoms with E-state index in [0.717, 1.165) is 48.1 Å². The highest BCUT2D eigenvalue weighted by atomic mass is 19.1. The summed E-state index contributed by atoms with van der Waals surface area (Å²) in [5, 5.41) is 4.44. The first kappa shape index (κ1) is 10.5. The molecule has 0 fully saturated rings. The maximum absolute atomic E-state index is 13.2. The van der Waals surface area contributed by atoms with Crippen LogP contribution in [-0.2, 0) is 12.8 Å². The average molecular weight is 230 g/mol. The number of aromatic nitrogens is 1. The number of halogens is 1. The van der Waals surface area contributed by atoms with E-state index in [0.29, 0.717) is 0 Å². The summed E-state index contributed by atoms with van der Waals surface area (Å²) in [6.07, 6.45) is 3.25. The molecule has 0 unspecified atom stereocenters. The molecule has 88 valence electrons. The first-order chi connectivity index (χ1) is 8.29. The van der Waals surface area contributed by atoms with Crippen molar-refractivity contribution in [2.75, 3.05) is 11.9 Å². The molecular weight excluding hydrogens is 215 g/mol. The number of nitrogens with one attached hydrogen (secondary N) is 1. The summed E-state index contributed by atoms with van der Waals surface area (Å²) in [4.78, 5) is 4.58. The van der Waals surface area contributed by atoms with Crippen LogP contribution in [0.4, 0.5) is 10.1 Å². The monoisotopic (exact) mass is 230 g/mol. The number of nitrogens with zero attached hydrogens (tertiary/aromatic N) is 1. The van der Waals surface area contributed by atoms with Crippen molar-refractivity contribution in [2.45, 2.75) is 26.2 Å². The Balaban J connectivity index is 2.31. The summed E-state index contributed by atoms with van der Waals surface area (Å²) in [6.45, 7) is 2.96. The molecule has 0 amide bonds. The van der Waals surface area contributed by atoms with E-state index in [-0.39, 0.29) is 5.82 Å². The van der Waals surface area contributed by atoms with Crippen LogP contribution in [0.1, 0.15) is 24.6 Å². The van der Waals surface area contributed by atoms with Gasteiger partial charge >= 0.3 is 0 Å². The molecule has 1 aromatic heterocycles. The molecular formula is C14H15FN2. The fourth-order valence-corrected chi connectivity index (χ4v) is 2.62. The molecule has 0 aliphatic heterocycles. The van der Waals surface area contributed by atoms with E-state index >= 15 is 0 Å². The summed E-state index contributed by atoms with van der Waals surface area (Å²) < 4.78 is 13.2. The van der Waals surface area contributed by atoms with E-state index in [9.17, 15) is 4.39 Å². The lowest BCUT2D eigenvalue weighted by atomic mass is 10.1. The molecule has 1 N–H and O–H groups in total. The Hall–Kier alpha value is -1.64. The second-order valence-electron chi connectivity index (χ2n) is 4.46. The molecule has 2 aromatic rings. The van der Waals surface area contributed by atoms with Gasteiger partial charge in [-0.1, -0.05) is 0 Å². The Kier molecular flexibility index (Phi) is 2.46. The lowest BCUT2D eigenvalue weighted by molar-refractivity contribution is 0.629. The zero-order valence-electron chi connectivity index (χ0n) is 9.89. The third kappa shape index (κ3) is 1.66. The average Bonchev–Trinajstić information content (AvgIpc) is 2.76. The maximum atomic E-state index is 13.2. The van der Waals surface area contributed by atoms with Gasteiger partial charge in [0.05, 0.1) is 5.52 Å². The van der Waals surface area contributed by atoms with E-state index in [1.165, 1.54) is 17.7 Å². The molecule has 1 aromatic carbocycles. The van der Waals surface area contributed by atoms with Gasteiger partial charge in [0.1, 0.15) is 5.82 Å². The standard InChI is InChI=1S/C14H15FN2/c1-2-16-14-10-4-3-5-12(10)17-13-8-9(15)6-7-11(13)14/h6-8H,2-5H2,1H3,(H,16,17). The van der Waals surface area contributed by atoms with Crippen molar-refractivity contribution in [3.05, 3.63) is 35.3 Å². The predicted molar refractivity (Wildman–Crippen MR) is 67.9 cm³/mol. The van der Waals surface area contributed by atoms with Crippen molar-refractivity contribution in [1.29, 1.82) is 0 Å². The SMILES string of the molecule is CCNc1c2c(nc3cc(F)ccc13)CCC2. The maximum Gasteiger partial charge on any atom is 0.125 e. The Labute approximate surface area is 99.9 Å². The zero-order chi connectivity index (χ0) is 11.8. The Morgan fingerprint density at radius 3 is 3.06 bits per heavy atom. The summed E-state index contributed by atoms with van der Waals surface area (Å²) in [7, 11) is 0. The first-order valence-electron chi connectivity index (χ1n) is 6.14. The quantitative estimate of drug-likeness (QED) is 0.856. The summed E-state index contributed by atoms with van der Waals surface area (Å²) in [6, 6.07) is 4.86. The van der Waals surface area contributed by atoms with Gasteiger partial charge < -0.3 is 5.32 Å². The molecule has 0 saturated carbocycles. The summed E-state index contributed by atoms with van der Waals surface area (Å²) in [5.74, 6) is -0.217. The molecule has 0 saturated heterocycles. The van der Waals surface area contributed by atoms with Crippen LogP contribution < -0.4 is 5.32 Å². The van der Waals surface area contributed by atoms with Crippen LogP contribution >= 0.6 is 0 Å². The molecule has 2 nitrogen and oxygen atoms in total. The highest BCUT2D eigenvalue weighted by molar-refractivity contribution is 5.93. The molecule has 0 atom stereocenters.